The average molecular weight is 331 g/mol. The van der Waals surface area contributed by atoms with Crippen molar-refractivity contribution >= 4 is 11.7 Å². The van der Waals surface area contributed by atoms with Crippen LogP contribution in [-0.4, -0.2) is 37.9 Å². The molecule has 0 saturated carbocycles. The molecule has 1 atom stereocenters. The molecule has 0 amide bonds. The summed E-state index contributed by atoms with van der Waals surface area (Å²) in [4.78, 5) is 11.5. The van der Waals surface area contributed by atoms with E-state index in [1.807, 2.05) is 13.8 Å². The molecule has 0 radical (unpaired) electrons. The molecule has 0 aliphatic carbocycles. The smallest absolute Gasteiger partial charge is 0.340 e. The highest BCUT2D eigenvalue weighted by atomic mass is 19.1. The number of nitrogens with one attached hydrogen (secondary N) is 1. The second-order valence-corrected chi connectivity index (χ2v) is 4.55. The molecule has 0 aliphatic rings. The van der Waals surface area contributed by atoms with Crippen molar-refractivity contribution in [1.82, 2.24) is 0 Å². The van der Waals surface area contributed by atoms with Crippen molar-refractivity contribution in [2.45, 2.75) is 47.1 Å². The molecule has 0 fully saturated rings. The summed E-state index contributed by atoms with van der Waals surface area (Å²) in [6.07, 6.45) is 1.25. The van der Waals surface area contributed by atoms with Gasteiger partial charge >= 0.3 is 5.97 Å². The minimum atomic E-state index is -0.725. The molecule has 0 bridgehead atoms. The summed E-state index contributed by atoms with van der Waals surface area (Å²) in [7, 11) is 2.71. The van der Waals surface area contributed by atoms with Crippen molar-refractivity contribution in [2.75, 3.05) is 26.1 Å². The van der Waals surface area contributed by atoms with Crippen molar-refractivity contribution in [3.05, 3.63) is 23.5 Å². The van der Waals surface area contributed by atoms with Crippen LogP contribution < -0.4 is 5.32 Å². The molecule has 2 N–H and O–H groups in total. The zero-order valence-electron chi connectivity index (χ0n) is 15.2. The van der Waals surface area contributed by atoms with E-state index in [0.717, 1.165) is 12.1 Å². The van der Waals surface area contributed by atoms with Gasteiger partial charge in [0.1, 0.15) is 5.75 Å². The maximum Gasteiger partial charge on any atom is 0.340 e. The summed E-state index contributed by atoms with van der Waals surface area (Å²) in [6.45, 7) is 10.4. The number of aromatic hydroxyl groups is 1. The molecular formula is C17H30FNO4. The summed E-state index contributed by atoms with van der Waals surface area (Å²) in [5.74, 6) is -1.78. The Hall–Kier alpha value is -1.82. The Balaban J connectivity index is 0. The lowest BCUT2D eigenvalue weighted by Gasteiger charge is -2.17. The molecule has 6 heteroatoms. The summed E-state index contributed by atoms with van der Waals surface area (Å²) in [6, 6.07) is 1.88. The van der Waals surface area contributed by atoms with Crippen LogP contribution in [0.5, 0.6) is 5.75 Å². The van der Waals surface area contributed by atoms with Gasteiger partial charge in [-0.05, 0) is 13.0 Å². The third kappa shape index (κ3) is 9.03. The van der Waals surface area contributed by atoms with E-state index in [-0.39, 0.29) is 23.0 Å². The van der Waals surface area contributed by atoms with Crippen molar-refractivity contribution in [1.29, 1.82) is 0 Å². The van der Waals surface area contributed by atoms with E-state index in [0.29, 0.717) is 6.61 Å². The highest BCUT2D eigenvalue weighted by Gasteiger charge is 2.19. The largest absolute Gasteiger partial charge is 0.508 e. The zero-order chi connectivity index (χ0) is 18.4. The van der Waals surface area contributed by atoms with E-state index < -0.39 is 11.8 Å². The lowest BCUT2D eigenvalue weighted by Crippen LogP contribution is -2.23. The molecule has 0 saturated heterocycles. The number of phenols is 1. The Labute approximate surface area is 138 Å². The van der Waals surface area contributed by atoms with Gasteiger partial charge in [-0.3, -0.25) is 0 Å². The Bertz CT molecular complexity index is 452. The normalized spacial score (nSPS) is 10.4. The van der Waals surface area contributed by atoms with E-state index in [9.17, 15) is 14.3 Å². The van der Waals surface area contributed by atoms with E-state index in [1.54, 1.807) is 6.92 Å². The van der Waals surface area contributed by atoms with Gasteiger partial charge in [-0.1, -0.05) is 34.1 Å². The fourth-order valence-corrected chi connectivity index (χ4v) is 1.55. The number of hydrogen-bond donors (Lipinski definition) is 2. The standard InChI is InChI=1S/C12H16FNO4.C3H8.C2H6/c1-7(6-17-2)14-11-9(12(16)18-3)4-8(15)5-10(11)13;1-3-2;1-2/h4-5,7,14-15H,6H2,1-3H3;3H2,1-2H3;1-2H3. The van der Waals surface area contributed by atoms with Gasteiger partial charge in [0.25, 0.3) is 0 Å². The van der Waals surface area contributed by atoms with Gasteiger partial charge in [0.2, 0.25) is 0 Å². The monoisotopic (exact) mass is 331 g/mol. The lowest BCUT2D eigenvalue weighted by molar-refractivity contribution is 0.0600. The molecule has 1 aromatic rings. The van der Waals surface area contributed by atoms with Gasteiger partial charge in [0, 0.05) is 19.2 Å². The Kier molecular flexibility index (Phi) is 14.1. The highest BCUT2D eigenvalue weighted by molar-refractivity contribution is 5.96. The van der Waals surface area contributed by atoms with Crippen LogP contribution in [0.4, 0.5) is 10.1 Å². The topological polar surface area (TPSA) is 67.8 Å². The number of phenolic OH excluding ortho intramolecular Hbond substituents is 1. The van der Waals surface area contributed by atoms with Crippen molar-refractivity contribution in [2.24, 2.45) is 0 Å². The third-order valence-corrected chi connectivity index (χ3v) is 2.29. The van der Waals surface area contributed by atoms with E-state index in [2.05, 4.69) is 23.9 Å². The SMILES string of the molecule is CC.CCC.COCC(C)Nc1c(F)cc(O)cc1C(=O)OC. The van der Waals surface area contributed by atoms with Gasteiger partial charge in [-0.15, -0.1) is 0 Å². The number of ether oxygens (including phenoxy) is 2. The molecule has 23 heavy (non-hydrogen) atoms. The Morgan fingerprint density at radius 2 is 1.83 bits per heavy atom. The number of methoxy groups -OCH3 is 2. The average Bonchev–Trinajstić information content (AvgIpc) is 2.52. The second kappa shape index (κ2) is 13.8. The minimum Gasteiger partial charge on any atom is -0.508 e. The summed E-state index contributed by atoms with van der Waals surface area (Å²) >= 11 is 0. The predicted molar refractivity (Wildman–Crippen MR) is 91.7 cm³/mol. The van der Waals surface area contributed by atoms with Crippen LogP contribution in [0.15, 0.2) is 12.1 Å². The van der Waals surface area contributed by atoms with Gasteiger partial charge in [0.15, 0.2) is 5.82 Å². The fraction of sp³-hybridized carbons (Fsp3) is 0.588. The van der Waals surface area contributed by atoms with Crippen LogP contribution in [0, 0.1) is 5.82 Å². The van der Waals surface area contributed by atoms with E-state index in [4.69, 9.17) is 4.74 Å². The molecule has 1 aromatic carbocycles. The summed E-state index contributed by atoms with van der Waals surface area (Å²) in [5, 5.41) is 12.1. The number of rotatable bonds is 5. The molecule has 0 heterocycles. The molecule has 1 unspecified atom stereocenters. The maximum absolute atomic E-state index is 13.7. The molecule has 134 valence electrons. The maximum atomic E-state index is 13.7. The first-order valence-electron chi connectivity index (χ1n) is 7.77. The molecular weight excluding hydrogens is 301 g/mol. The number of esters is 1. The number of halogens is 1. The number of anilines is 1. The van der Waals surface area contributed by atoms with Gasteiger partial charge in [-0.25, -0.2) is 9.18 Å². The minimum absolute atomic E-state index is 0.01000. The first-order valence-corrected chi connectivity index (χ1v) is 7.77. The second-order valence-electron chi connectivity index (χ2n) is 4.55. The Morgan fingerprint density at radius 3 is 2.26 bits per heavy atom. The van der Waals surface area contributed by atoms with E-state index in [1.165, 1.54) is 20.6 Å². The van der Waals surface area contributed by atoms with Gasteiger partial charge in [0.05, 0.1) is 25.0 Å². The van der Waals surface area contributed by atoms with Crippen LogP contribution in [0.3, 0.4) is 0 Å². The lowest BCUT2D eigenvalue weighted by atomic mass is 10.1. The zero-order valence-corrected chi connectivity index (χ0v) is 15.2. The van der Waals surface area contributed by atoms with Crippen molar-refractivity contribution in [3.63, 3.8) is 0 Å². The molecule has 0 spiro atoms. The molecule has 0 aromatic heterocycles. The van der Waals surface area contributed by atoms with E-state index >= 15 is 0 Å². The third-order valence-electron chi connectivity index (χ3n) is 2.29. The number of carbonyl (C=O) groups is 1. The number of carbonyl (C=O) groups excluding carboxylic acids is 1. The Morgan fingerprint density at radius 1 is 1.30 bits per heavy atom. The molecule has 1 rings (SSSR count). The molecule has 0 aliphatic heterocycles. The van der Waals surface area contributed by atoms with Crippen LogP contribution in [0.25, 0.3) is 0 Å². The van der Waals surface area contributed by atoms with Gasteiger partial charge in [-0.2, -0.15) is 0 Å². The number of hydrogen-bond acceptors (Lipinski definition) is 5. The van der Waals surface area contributed by atoms with Crippen LogP contribution in [-0.2, 0) is 9.47 Å². The van der Waals surface area contributed by atoms with Crippen LogP contribution >= 0.6 is 0 Å². The molecule has 5 nitrogen and oxygen atoms in total. The predicted octanol–water partition coefficient (Wildman–Crippen LogP) is 4.21. The van der Waals surface area contributed by atoms with Crippen LogP contribution in [0.1, 0.15) is 51.4 Å². The first kappa shape index (κ1) is 23.4. The van der Waals surface area contributed by atoms with Crippen LogP contribution in [0.2, 0.25) is 0 Å². The highest BCUT2D eigenvalue weighted by Crippen LogP contribution is 2.26. The van der Waals surface area contributed by atoms with Crippen molar-refractivity contribution in [3.8, 4) is 5.75 Å². The van der Waals surface area contributed by atoms with Gasteiger partial charge < -0.3 is 19.9 Å². The van der Waals surface area contributed by atoms with Crippen molar-refractivity contribution < 1.29 is 23.8 Å². The fourth-order valence-electron chi connectivity index (χ4n) is 1.55. The first-order chi connectivity index (χ1) is 10.9. The summed E-state index contributed by atoms with van der Waals surface area (Å²) < 4.78 is 23.2. The summed E-state index contributed by atoms with van der Waals surface area (Å²) in [5.41, 5.74) is -0.0675. The number of benzene rings is 1. The quantitative estimate of drug-likeness (QED) is 0.625.